The summed E-state index contributed by atoms with van der Waals surface area (Å²) in [5.74, 6) is -1.72. The Labute approximate surface area is 238 Å². The van der Waals surface area contributed by atoms with Crippen LogP contribution in [-0.2, 0) is 14.4 Å². The summed E-state index contributed by atoms with van der Waals surface area (Å²) in [6.07, 6.45) is -1.99. The molecule has 10 nitrogen and oxygen atoms in total. The number of carbonyl (C=O) groups is 4. The van der Waals surface area contributed by atoms with Crippen LogP contribution in [0.25, 0.3) is 0 Å². The van der Waals surface area contributed by atoms with E-state index in [2.05, 4.69) is 22.0 Å². The SMILES string of the molecule is CCN(CC(F)(F)F)C(=O)N[C@H](C(=O)N1C[C@H]2[C@@H]([C@H]1C(=O)N[C@H](C#N)C[C@@H]1CC3(CC3)NC1=O)C2(C)C)C(C)(C)C. The molecule has 41 heavy (non-hydrogen) atoms. The van der Waals surface area contributed by atoms with Crippen LogP contribution in [-0.4, -0.2) is 83.0 Å². The highest BCUT2D eigenvalue weighted by atomic mass is 19.4. The van der Waals surface area contributed by atoms with Crippen molar-refractivity contribution in [3.05, 3.63) is 0 Å². The number of urea groups is 1. The molecule has 5 amide bonds. The lowest BCUT2D eigenvalue weighted by Crippen LogP contribution is -2.61. The number of alkyl halides is 3. The molecule has 4 rings (SSSR count). The van der Waals surface area contributed by atoms with Crippen molar-refractivity contribution in [2.45, 2.75) is 97.1 Å². The highest BCUT2D eigenvalue weighted by molar-refractivity contribution is 5.94. The van der Waals surface area contributed by atoms with Crippen molar-refractivity contribution >= 4 is 23.8 Å². The van der Waals surface area contributed by atoms with Crippen LogP contribution in [0, 0.1) is 39.9 Å². The average Bonchev–Trinajstić information content (AvgIpc) is 3.57. The third-order valence-corrected chi connectivity index (χ3v) is 9.42. The summed E-state index contributed by atoms with van der Waals surface area (Å²) < 4.78 is 39.1. The monoisotopic (exact) mass is 582 g/mol. The summed E-state index contributed by atoms with van der Waals surface area (Å²) in [7, 11) is 0. The third-order valence-electron chi connectivity index (χ3n) is 9.42. The largest absolute Gasteiger partial charge is 0.406 e. The number of hydrogen-bond acceptors (Lipinski definition) is 5. The quantitative estimate of drug-likeness (QED) is 0.405. The van der Waals surface area contributed by atoms with Crippen LogP contribution in [0.5, 0.6) is 0 Å². The van der Waals surface area contributed by atoms with Gasteiger partial charge in [0.25, 0.3) is 0 Å². The first kappa shape index (κ1) is 30.9. The Balaban J connectivity index is 1.50. The standard InChI is InChI=1S/C28H41F3N6O4/c1-7-36(14-28(29,30)31)24(41)34-20(25(2,3)4)23(40)37-13-17-18(26(17,5)6)19(37)22(39)33-16(12-32)10-15-11-27(8-9-27)35-21(15)38/h15-20H,7-11,13-14H2,1-6H3,(H,33,39)(H,34,41)(H,35,38)/t15-,16+,17+,18+,19+,20-/m1/s1. The zero-order valence-electron chi connectivity index (χ0n) is 24.5. The van der Waals surface area contributed by atoms with Crippen molar-refractivity contribution < 1.29 is 32.3 Å². The predicted octanol–water partition coefficient (Wildman–Crippen LogP) is 2.55. The Bertz CT molecular complexity index is 1140. The summed E-state index contributed by atoms with van der Waals surface area (Å²) in [6, 6.07) is -1.97. The number of fused-ring (bicyclic) bond motifs is 1. The summed E-state index contributed by atoms with van der Waals surface area (Å²) in [4.78, 5) is 54.9. The second-order valence-corrected chi connectivity index (χ2v) is 13.9. The first-order valence-electron chi connectivity index (χ1n) is 14.3. The number of hydrogen-bond donors (Lipinski definition) is 3. The minimum absolute atomic E-state index is 0.0201. The number of nitrogens with one attached hydrogen (secondary N) is 3. The number of amides is 5. The molecule has 2 aliphatic heterocycles. The van der Waals surface area contributed by atoms with E-state index < -0.39 is 54.1 Å². The van der Waals surface area contributed by atoms with Crippen molar-refractivity contribution in [2.24, 2.45) is 28.6 Å². The van der Waals surface area contributed by atoms with Crippen molar-refractivity contribution in [1.82, 2.24) is 25.8 Å². The zero-order chi connectivity index (χ0) is 30.7. The summed E-state index contributed by atoms with van der Waals surface area (Å²) >= 11 is 0. The molecule has 4 aliphatic rings. The number of nitrogens with zero attached hydrogens (tertiary/aromatic N) is 3. The van der Waals surface area contributed by atoms with Gasteiger partial charge in [-0.3, -0.25) is 14.4 Å². The maximum atomic E-state index is 13.9. The van der Waals surface area contributed by atoms with E-state index in [1.54, 1.807) is 20.8 Å². The van der Waals surface area contributed by atoms with Crippen molar-refractivity contribution in [3.8, 4) is 6.07 Å². The molecule has 0 bridgehead atoms. The Morgan fingerprint density at radius 2 is 1.83 bits per heavy atom. The van der Waals surface area contributed by atoms with Gasteiger partial charge >= 0.3 is 12.2 Å². The molecule has 2 saturated carbocycles. The van der Waals surface area contributed by atoms with Gasteiger partial charge in [-0.15, -0.1) is 0 Å². The van der Waals surface area contributed by atoms with Gasteiger partial charge in [-0.2, -0.15) is 18.4 Å². The van der Waals surface area contributed by atoms with Gasteiger partial charge in [0.15, 0.2) is 0 Å². The molecule has 0 radical (unpaired) electrons. The van der Waals surface area contributed by atoms with Crippen LogP contribution < -0.4 is 16.0 Å². The summed E-state index contributed by atoms with van der Waals surface area (Å²) in [5, 5.41) is 18.1. The predicted molar refractivity (Wildman–Crippen MR) is 142 cm³/mol. The van der Waals surface area contributed by atoms with Gasteiger partial charge in [-0.05, 0) is 55.3 Å². The van der Waals surface area contributed by atoms with Gasteiger partial charge in [-0.25, -0.2) is 4.79 Å². The van der Waals surface area contributed by atoms with Crippen LogP contribution in [0.3, 0.4) is 0 Å². The molecule has 3 N–H and O–H groups in total. The highest BCUT2D eigenvalue weighted by Crippen LogP contribution is 2.65. The van der Waals surface area contributed by atoms with Gasteiger partial charge in [0.2, 0.25) is 17.7 Å². The van der Waals surface area contributed by atoms with Gasteiger partial charge in [0.1, 0.15) is 24.7 Å². The van der Waals surface area contributed by atoms with E-state index in [1.807, 2.05) is 13.8 Å². The Kier molecular flexibility index (Phi) is 7.80. The minimum Gasteiger partial charge on any atom is -0.350 e. The fraction of sp³-hybridized carbons (Fsp3) is 0.821. The Morgan fingerprint density at radius 1 is 1.20 bits per heavy atom. The molecule has 6 atom stereocenters. The van der Waals surface area contributed by atoms with E-state index in [1.165, 1.54) is 11.8 Å². The van der Waals surface area contributed by atoms with Crippen LogP contribution in [0.2, 0.25) is 0 Å². The fourth-order valence-corrected chi connectivity index (χ4v) is 6.72. The molecule has 2 heterocycles. The number of carbonyl (C=O) groups excluding carboxylic acids is 4. The molecular formula is C28H41F3N6O4. The van der Waals surface area contributed by atoms with Gasteiger partial charge in [0.05, 0.1) is 6.07 Å². The lowest BCUT2D eigenvalue weighted by atomic mass is 9.85. The van der Waals surface area contributed by atoms with Crippen LogP contribution >= 0.6 is 0 Å². The normalized spacial score (nSPS) is 28.7. The van der Waals surface area contributed by atoms with E-state index in [9.17, 15) is 37.6 Å². The lowest BCUT2D eigenvalue weighted by molar-refractivity contribution is -0.144. The van der Waals surface area contributed by atoms with Crippen molar-refractivity contribution in [3.63, 3.8) is 0 Å². The maximum absolute atomic E-state index is 13.9. The molecule has 2 aliphatic carbocycles. The average molecular weight is 583 g/mol. The van der Waals surface area contributed by atoms with E-state index in [-0.39, 0.29) is 54.1 Å². The van der Waals surface area contributed by atoms with E-state index in [0.717, 1.165) is 12.8 Å². The molecule has 0 aromatic rings. The van der Waals surface area contributed by atoms with E-state index in [4.69, 9.17) is 0 Å². The second kappa shape index (κ2) is 10.3. The zero-order valence-corrected chi connectivity index (χ0v) is 24.5. The minimum atomic E-state index is -4.60. The highest BCUT2D eigenvalue weighted by Gasteiger charge is 2.70. The molecule has 228 valence electrons. The molecule has 4 fully saturated rings. The second-order valence-electron chi connectivity index (χ2n) is 13.9. The molecule has 0 aromatic heterocycles. The number of nitriles is 1. The lowest BCUT2D eigenvalue weighted by Gasteiger charge is -2.38. The van der Waals surface area contributed by atoms with Crippen LogP contribution in [0.1, 0.15) is 67.2 Å². The molecule has 2 saturated heterocycles. The van der Waals surface area contributed by atoms with Crippen LogP contribution in [0.4, 0.5) is 18.0 Å². The fourth-order valence-electron chi connectivity index (χ4n) is 6.72. The molecule has 1 spiro atoms. The Hall–Kier alpha value is -3.04. The molecule has 0 unspecified atom stereocenters. The van der Waals surface area contributed by atoms with Gasteiger partial charge in [-0.1, -0.05) is 34.6 Å². The number of halogens is 3. The first-order chi connectivity index (χ1) is 18.8. The van der Waals surface area contributed by atoms with Crippen molar-refractivity contribution in [2.75, 3.05) is 19.6 Å². The Morgan fingerprint density at radius 3 is 2.32 bits per heavy atom. The first-order valence-corrected chi connectivity index (χ1v) is 14.3. The van der Waals surface area contributed by atoms with Gasteiger partial charge < -0.3 is 25.8 Å². The topological polar surface area (TPSA) is 135 Å². The van der Waals surface area contributed by atoms with Crippen LogP contribution in [0.15, 0.2) is 0 Å². The number of likely N-dealkylation sites (tertiary alicyclic amines) is 1. The molecular weight excluding hydrogens is 541 g/mol. The number of rotatable bonds is 8. The summed E-state index contributed by atoms with van der Waals surface area (Å²) in [5.41, 5.74) is -1.26. The van der Waals surface area contributed by atoms with Gasteiger partial charge in [0, 0.05) is 24.5 Å². The summed E-state index contributed by atoms with van der Waals surface area (Å²) in [6.45, 7) is 9.09. The number of piperidine rings is 1. The van der Waals surface area contributed by atoms with E-state index in [0.29, 0.717) is 11.3 Å². The van der Waals surface area contributed by atoms with Crippen molar-refractivity contribution in [1.29, 1.82) is 5.26 Å². The molecule has 13 heteroatoms. The maximum Gasteiger partial charge on any atom is 0.406 e. The smallest absolute Gasteiger partial charge is 0.350 e. The molecule has 0 aromatic carbocycles. The van der Waals surface area contributed by atoms with E-state index >= 15 is 0 Å². The third kappa shape index (κ3) is 6.26.